The van der Waals surface area contributed by atoms with Crippen molar-refractivity contribution in [2.75, 3.05) is 5.32 Å². The first-order valence-electron chi connectivity index (χ1n) is 7.42. The third-order valence-corrected chi connectivity index (χ3v) is 4.16. The van der Waals surface area contributed by atoms with Crippen molar-refractivity contribution < 1.29 is 14.3 Å². The monoisotopic (exact) mass is 365 g/mol. The molecule has 0 aliphatic carbocycles. The van der Waals surface area contributed by atoms with E-state index in [1.807, 2.05) is 6.92 Å². The summed E-state index contributed by atoms with van der Waals surface area (Å²) in [7, 11) is 0. The fourth-order valence-corrected chi connectivity index (χ4v) is 2.30. The zero-order chi connectivity index (χ0) is 17.7. The normalized spacial score (nSPS) is 10.3. The number of carbonyl (C=O) groups excluding carboxylic acids is 2. The number of hydrogen-bond acceptors (Lipinski definition) is 3. The van der Waals surface area contributed by atoms with Crippen LogP contribution in [0.15, 0.2) is 36.4 Å². The van der Waals surface area contributed by atoms with Gasteiger partial charge in [-0.3, -0.25) is 4.79 Å². The summed E-state index contributed by atoms with van der Waals surface area (Å²) in [5.41, 5.74) is 2.58. The van der Waals surface area contributed by atoms with E-state index in [1.165, 1.54) is 0 Å². The van der Waals surface area contributed by atoms with E-state index in [0.29, 0.717) is 27.7 Å². The van der Waals surface area contributed by atoms with Crippen LogP contribution in [0.2, 0.25) is 10.0 Å². The summed E-state index contributed by atoms with van der Waals surface area (Å²) < 4.78 is 5.28. The van der Waals surface area contributed by atoms with Crippen LogP contribution in [0.1, 0.15) is 34.8 Å². The van der Waals surface area contributed by atoms with E-state index in [0.717, 1.165) is 11.1 Å². The molecule has 126 valence electrons. The lowest BCUT2D eigenvalue weighted by Gasteiger charge is -2.10. The van der Waals surface area contributed by atoms with Crippen LogP contribution in [0.25, 0.3) is 0 Å². The molecule has 0 saturated carbocycles. The molecule has 0 spiro atoms. The highest BCUT2D eigenvalue weighted by Gasteiger charge is 2.11. The topological polar surface area (TPSA) is 55.4 Å². The van der Waals surface area contributed by atoms with Gasteiger partial charge in [-0.15, -0.1) is 0 Å². The van der Waals surface area contributed by atoms with Crippen LogP contribution in [0.3, 0.4) is 0 Å². The predicted molar refractivity (Wildman–Crippen MR) is 95.7 cm³/mol. The Balaban J connectivity index is 2.07. The first-order valence-corrected chi connectivity index (χ1v) is 8.18. The number of halogens is 2. The molecule has 2 aromatic rings. The largest absolute Gasteiger partial charge is 0.457 e. The van der Waals surface area contributed by atoms with Gasteiger partial charge in [0.15, 0.2) is 0 Å². The number of aryl methyl sites for hydroxylation is 1. The summed E-state index contributed by atoms with van der Waals surface area (Å²) in [6.45, 7) is 3.70. The van der Waals surface area contributed by atoms with E-state index < -0.39 is 5.97 Å². The SMILES string of the molecule is CCC(=O)Nc1cc(C(=O)OCc2ccc(Cl)c(Cl)c2)ccc1C. The lowest BCUT2D eigenvalue weighted by molar-refractivity contribution is -0.115. The summed E-state index contributed by atoms with van der Waals surface area (Å²) >= 11 is 11.8. The Labute approximate surface area is 150 Å². The first-order chi connectivity index (χ1) is 11.4. The Kier molecular flexibility index (Phi) is 6.23. The van der Waals surface area contributed by atoms with Crippen molar-refractivity contribution in [1.82, 2.24) is 0 Å². The maximum absolute atomic E-state index is 12.2. The van der Waals surface area contributed by atoms with Crippen LogP contribution in [-0.2, 0) is 16.1 Å². The average molecular weight is 366 g/mol. The van der Waals surface area contributed by atoms with Gasteiger partial charge in [-0.05, 0) is 42.3 Å². The number of rotatable bonds is 5. The molecule has 24 heavy (non-hydrogen) atoms. The summed E-state index contributed by atoms with van der Waals surface area (Å²) in [6, 6.07) is 10.1. The Morgan fingerprint density at radius 2 is 1.83 bits per heavy atom. The number of benzene rings is 2. The maximum atomic E-state index is 12.2. The van der Waals surface area contributed by atoms with Gasteiger partial charge >= 0.3 is 5.97 Å². The highest BCUT2D eigenvalue weighted by atomic mass is 35.5. The number of ether oxygens (including phenoxy) is 1. The van der Waals surface area contributed by atoms with Crippen LogP contribution < -0.4 is 5.32 Å². The third kappa shape index (κ3) is 4.73. The molecular weight excluding hydrogens is 349 g/mol. The molecule has 0 radical (unpaired) electrons. The van der Waals surface area contributed by atoms with Crippen molar-refractivity contribution in [2.24, 2.45) is 0 Å². The van der Waals surface area contributed by atoms with Gasteiger partial charge in [0, 0.05) is 12.1 Å². The average Bonchev–Trinajstić information content (AvgIpc) is 2.57. The number of anilines is 1. The van der Waals surface area contributed by atoms with Gasteiger partial charge in [0.05, 0.1) is 15.6 Å². The molecule has 0 saturated heterocycles. The standard InChI is InChI=1S/C18H17Cl2NO3/c1-3-17(22)21-16-9-13(6-4-11(16)2)18(23)24-10-12-5-7-14(19)15(20)8-12/h4-9H,3,10H2,1-2H3,(H,21,22). The second-order valence-corrected chi connectivity index (χ2v) is 6.07. The van der Waals surface area contributed by atoms with Crippen LogP contribution in [-0.4, -0.2) is 11.9 Å². The summed E-state index contributed by atoms with van der Waals surface area (Å²) in [5, 5.41) is 3.62. The van der Waals surface area contributed by atoms with Gasteiger partial charge in [0.2, 0.25) is 5.91 Å². The fraction of sp³-hybridized carbons (Fsp3) is 0.222. The minimum atomic E-state index is -0.479. The van der Waals surface area contributed by atoms with Crippen LogP contribution >= 0.6 is 23.2 Å². The zero-order valence-corrected chi connectivity index (χ0v) is 14.9. The quantitative estimate of drug-likeness (QED) is 0.757. The van der Waals surface area contributed by atoms with Gasteiger partial charge in [-0.1, -0.05) is 42.3 Å². The highest BCUT2D eigenvalue weighted by Crippen LogP contribution is 2.23. The van der Waals surface area contributed by atoms with E-state index >= 15 is 0 Å². The molecule has 0 aliphatic rings. The summed E-state index contributed by atoms with van der Waals surface area (Å²) in [6.07, 6.45) is 0.367. The lowest BCUT2D eigenvalue weighted by Crippen LogP contribution is -2.12. The molecule has 1 amide bonds. The van der Waals surface area contributed by atoms with Gasteiger partial charge in [0.25, 0.3) is 0 Å². The number of nitrogens with one attached hydrogen (secondary N) is 1. The van der Waals surface area contributed by atoms with Crippen molar-refractivity contribution >= 4 is 40.8 Å². The van der Waals surface area contributed by atoms with Crippen molar-refractivity contribution in [3.8, 4) is 0 Å². The highest BCUT2D eigenvalue weighted by molar-refractivity contribution is 6.42. The molecule has 6 heteroatoms. The number of amides is 1. The van der Waals surface area contributed by atoms with Crippen molar-refractivity contribution in [1.29, 1.82) is 0 Å². The van der Waals surface area contributed by atoms with Crippen molar-refractivity contribution in [3.05, 3.63) is 63.1 Å². The van der Waals surface area contributed by atoms with E-state index in [9.17, 15) is 9.59 Å². The van der Waals surface area contributed by atoms with E-state index in [4.69, 9.17) is 27.9 Å². The first kappa shape index (κ1) is 18.3. The zero-order valence-electron chi connectivity index (χ0n) is 13.4. The van der Waals surface area contributed by atoms with Crippen LogP contribution in [0.5, 0.6) is 0 Å². The van der Waals surface area contributed by atoms with Gasteiger partial charge in [-0.2, -0.15) is 0 Å². The Morgan fingerprint density at radius 3 is 2.50 bits per heavy atom. The molecule has 0 unspecified atom stereocenters. The third-order valence-electron chi connectivity index (χ3n) is 3.42. The summed E-state index contributed by atoms with van der Waals surface area (Å²) in [4.78, 5) is 23.7. The molecule has 0 fully saturated rings. The second-order valence-electron chi connectivity index (χ2n) is 5.26. The van der Waals surface area contributed by atoms with Crippen molar-refractivity contribution in [2.45, 2.75) is 26.9 Å². The minimum absolute atomic E-state index is 0.0836. The fourth-order valence-electron chi connectivity index (χ4n) is 1.98. The molecule has 0 aliphatic heterocycles. The molecule has 0 heterocycles. The van der Waals surface area contributed by atoms with Crippen LogP contribution in [0.4, 0.5) is 5.69 Å². The Bertz CT molecular complexity index is 775. The van der Waals surface area contributed by atoms with E-state index in [1.54, 1.807) is 43.3 Å². The van der Waals surface area contributed by atoms with Crippen LogP contribution in [0, 0.1) is 6.92 Å². The van der Waals surface area contributed by atoms with E-state index in [2.05, 4.69) is 5.32 Å². The predicted octanol–water partition coefficient (Wildman–Crippen LogP) is 5.01. The van der Waals surface area contributed by atoms with Crippen molar-refractivity contribution in [3.63, 3.8) is 0 Å². The lowest BCUT2D eigenvalue weighted by atomic mass is 10.1. The number of hydrogen-bond donors (Lipinski definition) is 1. The van der Waals surface area contributed by atoms with Gasteiger partial charge in [0.1, 0.15) is 6.61 Å². The molecular formula is C18H17Cl2NO3. The van der Waals surface area contributed by atoms with Gasteiger partial charge < -0.3 is 10.1 Å². The number of esters is 1. The smallest absolute Gasteiger partial charge is 0.338 e. The minimum Gasteiger partial charge on any atom is -0.457 e. The summed E-state index contributed by atoms with van der Waals surface area (Å²) in [5.74, 6) is -0.590. The molecule has 0 aromatic heterocycles. The molecule has 0 atom stereocenters. The molecule has 1 N–H and O–H groups in total. The molecule has 4 nitrogen and oxygen atoms in total. The molecule has 0 bridgehead atoms. The molecule has 2 aromatic carbocycles. The van der Waals surface area contributed by atoms with Gasteiger partial charge in [-0.25, -0.2) is 4.79 Å². The maximum Gasteiger partial charge on any atom is 0.338 e. The van der Waals surface area contributed by atoms with E-state index in [-0.39, 0.29) is 12.5 Å². The Morgan fingerprint density at radius 1 is 1.08 bits per heavy atom. The molecule has 2 rings (SSSR count). The number of carbonyl (C=O) groups is 2. The second kappa shape index (κ2) is 8.18. The Hall–Kier alpha value is -2.04.